The van der Waals surface area contributed by atoms with Gasteiger partial charge in [0.1, 0.15) is 11.6 Å². The van der Waals surface area contributed by atoms with Crippen LogP contribution in [0.25, 0.3) is 11.1 Å². The third-order valence-corrected chi connectivity index (χ3v) is 2.70. The number of fused-ring (bicyclic) bond motifs is 1. The molecule has 0 amide bonds. The summed E-state index contributed by atoms with van der Waals surface area (Å²) in [5, 5.41) is 9.98. The molecule has 1 heterocycles. The Kier molecular flexibility index (Phi) is 2.94. The van der Waals surface area contributed by atoms with Crippen molar-refractivity contribution in [3.05, 3.63) is 30.2 Å². The Morgan fingerprint density at radius 2 is 2.00 bits per heavy atom. The van der Waals surface area contributed by atoms with E-state index in [1.165, 1.54) is 0 Å². The number of nitrogens with zero attached hydrogens (tertiary/aromatic N) is 1. The lowest BCUT2D eigenvalue weighted by Crippen LogP contribution is -2.33. The Labute approximate surface area is 94.1 Å². The number of aromatic nitrogens is 1. The van der Waals surface area contributed by atoms with Crippen molar-refractivity contribution in [3.63, 3.8) is 0 Å². The third-order valence-electron chi connectivity index (χ3n) is 2.70. The normalized spacial score (nSPS) is 15.6. The van der Waals surface area contributed by atoms with Crippen LogP contribution in [0.3, 0.4) is 0 Å². The number of hydrogen-bond donors (Lipinski definition) is 2. The predicted molar refractivity (Wildman–Crippen MR) is 61.8 cm³/mol. The largest absolute Gasteiger partial charge is 0.438 e. The number of aliphatic hydroxyl groups is 1. The molecule has 2 aromatic rings. The molecule has 86 valence electrons. The van der Waals surface area contributed by atoms with Crippen molar-refractivity contribution in [1.82, 2.24) is 4.98 Å². The van der Waals surface area contributed by atoms with E-state index in [9.17, 15) is 5.11 Å². The highest BCUT2D eigenvalue weighted by atomic mass is 16.4. The van der Waals surface area contributed by atoms with Gasteiger partial charge in [0, 0.05) is 6.04 Å². The van der Waals surface area contributed by atoms with Crippen molar-refractivity contribution < 1.29 is 9.52 Å². The third kappa shape index (κ3) is 1.94. The summed E-state index contributed by atoms with van der Waals surface area (Å²) >= 11 is 0. The van der Waals surface area contributed by atoms with Gasteiger partial charge in [-0.15, -0.1) is 0 Å². The molecule has 4 nitrogen and oxygen atoms in total. The molecule has 0 spiro atoms. The first-order valence-electron chi connectivity index (χ1n) is 5.38. The lowest BCUT2D eigenvalue weighted by atomic mass is 10.00. The van der Waals surface area contributed by atoms with Crippen LogP contribution in [0.2, 0.25) is 0 Å². The number of benzene rings is 1. The van der Waals surface area contributed by atoms with Gasteiger partial charge in [-0.25, -0.2) is 4.98 Å². The molecule has 16 heavy (non-hydrogen) atoms. The Hall–Kier alpha value is -1.39. The Morgan fingerprint density at radius 1 is 1.31 bits per heavy atom. The second-order valence-corrected chi connectivity index (χ2v) is 4.29. The summed E-state index contributed by atoms with van der Waals surface area (Å²) in [7, 11) is 0. The van der Waals surface area contributed by atoms with Crippen molar-refractivity contribution in [3.8, 4) is 0 Å². The molecule has 0 bridgehead atoms. The zero-order valence-corrected chi connectivity index (χ0v) is 9.42. The highest BCUT2D eigenvalue weighted by Gasteiger charge is 2.24. The molecular formula is C12H16N2O2. The predicted octanol–water partition coefficient (Wildman–Crippen LogP) is 1.84. The first kappa shape index (κ1) is 11.1. The minimum absolute atomic E-state index is 0.171. The maximum Gasteiger partial charge on any atom is 0.225 e. The molecule has 1 aromatic heterocycles. The van der Waals surface area contributed by atoms with Crippen LogP contribution in [0.4, 0.5) is 0 Å². The smallest absolute Gasteiger partial charge is 0.225 e. The molecular weight excluding hydrogens is 204 g/mol. The molecule has 3 N–H and O–H groups in total. The van der Waals surface area contributed by atoms with Crippen LogP contribution in [0.5, 0.6) is 0 Å². The van der Waals surface area contributed by atoms with Crippen LogP contribution in [-0.2, 0) is 0 Å². The van der Waals surface area contributed by atoms with Gasteiger partial charge in [0.2, 0.25) is 5.89 Å². The van der Waals surface area contributed by atoms with Crippen LogP contribution in [-0.4, -0.2) is 16.1 Å². The van der Waals surface area contributed by atoms with Crippen molar-refractivity contribution in [2.75, 3.05) is 0 Å². The van der Waals surface area contributed by atoms with Gasteiger partial charge in [-0.2, -0.15) is 0 Å². The number of aliphatic hydroxyl groups excluding tert-OH is 1. The van der Waals surface area contributed by atoms with E-state index in [0.717, 1.165) is 5.52 Å². The van der Waals surface area contributed by atoms with Crippen LogP contribution >= 0.6 is 0 Å². The number of rotatable bonds is 3. The van der Waals surface area contributed by atoms with E-state index >= 15 is 0 Å². The van der Waals surface area contributed by atoms with Gasteiger partial charge >= 0.3 is 0 Å². The highest BCUT2D eigenvalue weighted by molar-refractivity contribution is 5.72. The average Bonchev–Trinajstić information content (AvgIpc) is 2.70. The van der Waals surface area contributed by atoms with Crippen LogP contribution in [0.15, 0.2) is 28.7 Å². The highest BCUT2D eigenvalue weighted by Crippen LogP contribution is 2.23. The summed E-state index contributed by atoms with van der Waals surface area (Å²) in [5.41, 5.74) is 7.28. The quantitative estimate of drug-likeness (QED) is 0.827. The fourth-order valence-electron chi connectivity index (χ4n) is 1.55. The van der Waals surface area contributed by atoms with Gasteiger partial charge < -0.3 is 15.3 Å². The summed E-state index contributed by atoms with van der Waals surface area (Å²) in [5.74, 6) is 0.465. The standard InChI is InChI=1S/C12H16N2O2/c1-7(2)10(13)11(15)12-14-8-5-3-4-6-9(8)16-12/h3-7,10-11,15H,13H2,1-2H3. The van der Waals surface area contributed by atoms with Crippen LogP contribution in [0, 0.1) is 5.92 Å². The number of oxazole rings is 1. The minimum Gasteiger partial charge on any atom is -0.438 e. The molecule has 2 atom stereocenters. The zero-order valence-electron chi connectivity index (χ0n) is 9.42. The SMILES string of the molecule is CC(C)C(N)C(O)c1nc2ccccc2o1. The topological polar surface area (TPSA) is 72.3 Å². The van der Waals surface area contributed by atoms with E-state index in [1.807, 2.05) is 38.1 Å². The molecule has 4 heteroatoms. The van der Waals surface area contributed by atoms with Crippen molar-refractivity contribution >= 4 is 11.1 Å². The van der Waals surface area contributed by atoms with E-state index in [4.69, 9.17) is 10.2 Å². The van der Waals surface area contributed by atoms with Crippen LogP contribution in [0.1, 0.15) is 25.8 Å². The summed E-state index contributed by atoms with van der Waals surface area (Å²) in [6.45, 7) is 3.91. The molecule has 0 fully saturated rings. The Morgan fingerprint density at radius 3 is 2.62 bits per heavy atom. The van der Waals surface area contributed by atoms with Gasteiger partial charge in [0.25, 0.3) is 0 Å². The lowest BCUT2D eigenvalue weighted by molar-refractivity contribution is 0.0992. The Balaban J connectivity index is 2.33. The molecule has 0 saturated heterocycles. The summed E-state index contributed by atoms with van der Waals surface area (Å²) < 4.78 is 5.46. The molecule has 0 aliphatic carbocycles. The average molecular weight is 220 g/mol. The second-order valence-electron chi connectivity index (χ2n) is 4.29. The van der Waals surface area contributed by atoms with Gasteiger partial charge in [-0.05, 0) is 18.1 Å². The maximum absolute atomic E-state index is 9.98. The van der Waals surface area contributed by atoms with E-state index < -0.39 is 6.10 Å². The molecule has 2 rings (SSSR count). The van der Waals surface area contributed by atoms with Gasteiger partial charge in [0.05, 0.1) is 0 Å². The molecule has 0 aliphatic heterocycles. The zero-order chi connectivity index (χ0) is 11.7. The first-order chi connectivity index (χ1) is 7.59. The molecule has 0 saturated carbocycles. The molecule has 1 aromatic carbocycles. The number of nitrogens with two attached hydrogens (primary N) is 1. The molecule has 2 unspecified atom stereocenters. The summed E-state index contributed by atoms with van der Waals surface area (Å²) in [4.78, 5) is 4.22. The minimum atomic E-state index is -0.854. The van der Waals surface area contributed by atoms with Crippen molar-refractivity contribution in [2.45, 2.75) is 26.0 Å². The maximum atomic E-state index is 9.98. The summed E-state index contributed by atoms with van der Waals surface area (Å²) in [6, 6.07) is 7.04. The van der Waals surface area contributed by atoms with Crippen LogP contribution < -0.4 is 5.73 Å². The van der Waals surface area contributed by atoms with Gasteiger partial charge in [0.15, 0.2) is 5.58 Å². The summed E-state index contributed by atoms with van der Waals surface area (Å²) in [6.07, 6.45) is -0.854. The van der Waals surface area contributed by atoms with E-state index in [0.29, 0.717) is 11.5 Å². The van der Waals surface area contributed by atoms with E-state index in [-0.39, 0.29) is 12.0 Å². The number of para-hydroxylation sites is 2. The van der Waals surface area contributed by atoms with Crippen molar-refractivity contribution in [2.24, 2.45) is 11.7 Å². The molecule has 0 aliphatic rings. The van der Waals surface area contributed by atoms with Gasteiger partial charge in [-0.1, -0.05) is 26.0 Å². The molecule has 0 radical (unpaired) electrons. The monoisotopic (exact) mass is 220 g/mol. The fourth-order valence-corrected chi connectivity index (χ4v) is 1.55. The van der Waals surface area contributed by atoms with E-state index in [2.05, 4.69) is 4.98 Å². The Bertz CT molecular complexity index is 446. The first-order valence-corrected chi connectivity index (χ1v) is 5.38. The van der Waals surface area contributed by atoms with E-state index in [1.54, 1.807) is 0 Å². The lowest BCUT2D eigenvalue weighted by Gasteiger charge is -2.19. The number of hydrogen-bond acceptors (Lipinski definition) is 4. The van der Waals surface area contributed by atoms with Crippen molar-refractivity contribution in [1.29, 1.82) is 0 Å². The van der Waals surface area contributed by atoms with Gasteiger partial charge in [-0.3, -0.25) is 0 Å². The fraction of sp³-hybridized carbons (Fsp3) is 0.417. The second kappa shape index (κ2) is 4.23.